The molecule has 0 saturated heterocycles. The second-order valence-electron chi connectivity index (χ2n) is 7.98. The second kappa shape index (κ2) is 8.83. The molecule has 0 heterocycles. The van der Waals surface area contributed by atoms with E-state index in [1.165, 1.54) is 0 Å². The van der Waals surface area contributed by atoms with Crippen LogP contribution >= 0.6 is 0 Å². The van der Waals surface area contributed by atoms with Gasteiger partial charge in [0.25, 0.3) is 5.91 Å². The molecule has 1 aromatic rings. The van der Waals surface area contributed by atoms with Gasteiger partial charge in [-0.2, -0.15) is 0 Å². The lowest BCUT2D eigenvalue weighted by Gasteiger charge is -2.26. The smallest absolute Gasteiger partial charge is 0.252 e. The summed E-state index contributed by atoms with van der Waals surface area (Å²) >= 11 is 0. The molecule has 0 aliphatic rings. The summed E-state index contributed by atoms with van der Waals surface area (Å²) in [6.45, 7) is 12.8. The Kier molecular flexibility index (Phi) is 7.36. The van der Waals surface area contributed by atoms with Crippen LogP contribution in [0.1, 0.15) is 57.5 Å². The average molecular weight is 361 g/mol. The highest BCUT2D eigenvalue weighted by atomic mass is 16.2. The first-order chi connectivity index (χ1) is 11.9. The fourth-order valence-corrected chi connectivity index (χ4v) is 2.43. The summed E-state index contributed by atoms with van der Waals surface area (Å²) in [5, 5.41) is 8.30. The van der Waals surface area contributed by atoms with Crippen molar-refractivity contribution in [1.82, 2.24) is 16.0 Å². The number of benzene rings is 1. The molecule has 6 heteroatoms. The lowest BCUT2D eigenvalue weighted by atomic mass is 10.0. The molecule has 6 nitrogen and oxygen atoms in total. The van der Waals surface area contributed by atoms with E-state index in [1.807, 2.05) is 53.7 Å². The lowest BCUT2D eigenvalue weighted by molar-refractivity contribution is -0.130. The lowest BCUT2D eigenvalue weighted by Crippen LogP contribution is -2.56. The fraction of sp³-hybridized carbons (Fsp3) is 0.550. The van der Waals surface area contributed by atoms with Crippen molar-refractivity contribution in [1.29, 1.82) is 0 Å². The van der Waals surface area contributed by atoms with Gasteiger partial charge in [0, 0.05) is 11.1 Å². The Bertz CT molecular complexity index is 663. The molecule has 2 unspecified atom stereocenters. The molecule has 144 valence electrons. The zero-order chi connectivity index (χ0) is 20.1. The molecule has 2 atom stereocenters. The maximum atomic E-state index is 12.6. The van der Waals surface area contributed by atoms with E-state index in [0.29, 0.717) is 5.56 Å². The SMILES string of the molecule is Cc1ccccc1C(=O)NC(C(=O)NC(C)C(=O)NC(C)(C)C)C(C)C. The molecule has 0 spiro atoms. The van der Waals surface area contributed by atoms with E-state index in [-0.39, 0.29) is 29.2 Å². The van der Waals surface area contributed by atoms with E-state index < -0.39 is 12.1 Å². The van der Waals surface area contributed by atoms with Crippen molar-refractivity contribution in [2.75, 3.05) is 0 Å². The van der Waals surface area contributed by atoms with Gasteiger partial charge in [0.2, 0.25) is 11.8 Å². The van der Waals surface area contributed by atoms with E-state index >= 15 is 0 Å². The minimum Gasteiger partial charge on any atom is -0.350 e. The number of carbonyl (C=O) groups is 3. The first-order valence-corrected chi connectivity index (χ1v) is 8.91. The third kappa shape index (κ3) is 6.50. The van der Waals surface area contributed by atoms with Gasteiger partial charge in [-0.1, -0.05) is 32.0 Å². The number of carbonyl (C=O) groups excluding carboxylic acids is 3. The Morgan fingerprint density at radius 3 is 2.00 bits per heavy atom. The summed E-state index contributed by atoms with van der Waals surface area (Å²) in [4.78, 5) is 37.3. The number of rotatable bonds is 6. The van der Waals surface area contributed by atoms with Gasteiger partial charge in [-0.25, -0.2) is 0 Å². The van der Waals surface area contributed by atoms with Gasteiger partial charge >= 0.3 is 0 Å². The minimum absolute atomic E-state index is 0.124. The maximum Gasteiger partial charge on any atom is 0.252 e. The van der Waals surface area contributed by atoms with Crippen molar-refractivity contribution in [2.24, 2.45) is 5.92 Å². The molecule has 1 aromatic carbocycles. The molecule has 0 saturated carbocycles. The molecule has 0 aromatic heterocycles. The molecule has 0 fully saturated rings. The maximum absolute atomic E-state index is 12.6. The first kappa shape index (κ1) is 21.7. The molecule has 0 aliphatic heterocycles. The Morgan fingerprint density at radius 1 is 0.923 bits per heavy atom. The Balaban J connectivity index is 2.80. The van der Waals surface area contributed by atoms with Crippen LogP contribution in [0, 0.1) is 12.8 Å². The van der Waals surface area contributed by atoms with E-state index in [1.54, 1.807) is 19.1 Å². The number of nitrogens with one attached hydrogen (secondary N) is 3. The summed E-state index contributed by atoms with van der Waals surface area (Å²) < 4.78 is 0. The molecular formula is C20H31N3O3. The minimum atomic E-state index is -0.730. The van der Waals surface area contributed by atoms with Gasteiger partial charge in [0.15, 0.2) is 0 Å². The zero-order valence-corrected chi connectivity index (χ0v) is 16.8. The molecular weight excluding hydrogens is 330 g/mol. The zero-order valence-electron chi connectivity index (χ0n) is 16.8. The van der Waals surface area contributed by atoms with Crippen molar-refractivity contribution >= 4 is 17.7 Å². The van der Waals surface area contributed by atoms with Gasteiger partial charge < -0.3 is 16.0 Å². The number of aryl methyl sites for hydroxylation is 1. The van der Waals surface area contributed by atoms with Crippen molar-refractivity contribution in [3.8, 4) is 0 Å². The summed E-state index contributed by atoms with van der Waals surface area (Å²) in [6.07, 6.45) is 0. The van der Waals surface area contributed by atoms with E-state index in [4.69, 9.17) is 0 Å². The molecule has 0 bridgehead atoms. The number of amides is 3. The highest BCUT2D eigenvalue weighted by Gasteiger charge is 2.28. The summed E-state index contributed by atoms with van der Waals surface area (Å²) in [5.41, 5.74) is 0.988. The van der Waals surface area contributed by atoms with Crippen LogP contribution in [-0.2, 0) is 9.59 Å². The highest BCUT2D eigenvalue weighted by Crippen LogP contribution is 2.10. The number of hydrogen-bond donors (Lipinski definition) is 3. The monoisotopic (exact) mass is 361 g/mol. The first-order valence-electron chi connectivity index (χ1n) is 8.91. The summed E-state index contributed by atoms with van der Waals surface area (Å²) in [5.74, 6) is -1.07. The summed E-state index contributed by atoms with van der Waals surface area (Å²) in [7, 11) is 0. The van der Waals surface area contributed by atoms with Crippen LogP contribution in [-0.4, -0.2) is 35.3 Å². The molecule has 0 aliphatic carbocycles. The van der Waals surface area contributed by atoms with Crippen LogP contribution in [0.4, 0.5) is 0 Å². The molecule has 3 amide bonds. The third-order valence-electron chi connectivity index (χ3n) is 3.88. The predicted molar refractivity (Wildman–Crippen MR) is 103 cm³/mol. The Morgan fingerprint density at radius 2 is 1.50 bits per heavy atom. The molecule has 3 N–H and O–H groups in total. The van der Waals surface area contributed by atoms with Crippen LogP contribution in [0.25, 0.3) is 0 Å². The topological polar surface area (TPSA) is 87.3 Å². The highest BCUT2D eigenvalue weighted by molar-refractivity contribution is 5.99. The van der Waals surface area contributed by atoms with Crippen LogP contribution in [0.2, 0.25) is 0 Å². The van der Waals surface area contributed by atoms with Crippen LogP contribution < -0.4 is 16.0 Å². The van der Waals surface area contributed by atoms with Crippen LogP contribution in [0.15, 0.2) is 24.3 Å². The second-order valence-corrected chi connectivity index (χ2v) is 7.98. The van der Waals surface area contributed by atoms with Gasteiger partial charge in [0.1, 0.15) is 12.1 Å². The van der Waals surface area contributed by atoms with Gasteiger partial charge in [-0.05, 0) is 52.2 Å². The van der Waals surface area contributed by atoms with Crippen molar-refractivity contribution < 1.29 is 14.4 Å². The van der Waals surface area contributed by atoms with Gasteiger partial charge in [0.05, 0.1) is 0 Å². The standard InChI is InChI=1S/C20H31N3O3/c1-12(2)16(22-18(25)15-11-9-8-10-13(15)3)19(26)21-14(4)17(24)23-20(5,6)7/h8-12,14,16H,1-7H3,(H,21,26)(H,22,25)(H,23,24). The fourth-order valence-electron chi connectivity index (χ4n) is 2.43. The summed E-state index contributed by atoms with van der Waals surface area (Å²) in [6, 6.07) is 5.78. The third-order valence-corrected chi connectivity index (χ3v) is 3.88. The molecule has 26 heavy (non-hydrogen) atoms. The van der Waals surface area contributed by atoms with Crippen molar-refractivity contribution in [3.05, 3.63) is 35.4 Å². The Labute approximate surface area is 156 Å². The van der Waals surface area contributed by atoms with Crippen LogP contribution in [0.5, 0.6) is 0 Å². The van der Waals surface area contributed by atoms with Gasteiger partial charge in [-0.3, -0.25) is 14.4 Å². The number of hydrogen-bond acceptors (Lipinski definition) is 3. The van der Waals surface area contributed by atoms with E-state index in [2.05, 4.69) is 16.0 Å². The van der Waals surface area contributed by atoms with Crippen LogP contribution in [0.3, 0.4) is 0 Å². The van der Waals surface area contributed by atoms with Crippen molar-refractivity contribution in [3.63, 3.8) is 0 Å². The Hall–Kier alpha value is -2.37. The quantitative estimate of drug-likeness (QED) is 0.726. The normalized spacial score (nSPS) is 13.7. The largest absolute Gasteiger partial charge is 0.350 e. The van der Waals surface area contributed by atoms with E-state index in [0.717, 1.165) is 5.56 Å². The molecule has 0 radical (unpaired) electrons. The van der Waals surface area contributed by atoms with E-state index in [9.17, 15) is 14.4 Å². The predicted octanol–water partition coefficient (Wildman–Crippen LogP) is 2.17. The average Bonchev–Trinajstić information content (AvgIpc) is 2.50. The van der Waals surface area contributed by atoms with Crippen molar-refractivity contribution in [2.45, 2.75) is 66.1 Å². The van der Waals surface area contributed by atoms with Gasteiger partial charge in [-0.15, -0.1) is 0 Å². The molecule has 1 rings (SSSR count).